The summed E-state index contributed by atoms with van der Waals surface area (Å²) in [7, 11) is 0. The van der Waals surface area contributed by atoms with Crippen molar-refractivity contribution in [1.82, 2.24) is 9.38 Å². The molecule has 0 atom stereocenters. The van der Waals surface area contributed by atoms with Crippen molar-refractivity contribution in [2.75, 3.05) is 0 Å². The Kier molecular flexibility index (Phi) is 1.91. The van der Waals surface area contributed by atoms with Crippen molar-refractivity contribution in [3.05, 3.63) is 29.7 Å². The molecule has 3 rings (SSSR count). The molecular weight excluding hydrogens is 202 g/mol. The van der Waals surface area contributed by atoms with Gasteiger partial charge in [0.15, 0.2) is 5.82 Å². The van der Waals surface area contributed by atoms with E-state index in [9.17, 15) is 4.79 Å². The summed E-state index contributed by atoms with van der Waals surface area (Å²) >= 11 is 0. The number of hydrogen-bond donors (Lipinski definition) is 0. The number of imidazole rings is 1. The third-order valence-corrected chi connectivity index (χ3v) is 2.96. The molecule has 4 nitrogen and oxygen atoms in total. The summed E-state index contributed by atoms with van der Waals surface area (Å²) in [6.45, 7) is 2.04. The number of rotatable bonds is 2. The average Bonchev–Trinajstić information content (AvgIpc) is 3.04. The van der Waals surface area contributed by atoms with Crippen molar-refractivity contribution >= 4 is 17.4 Å². The fourth-order valence-electron chi connectivity index (χ4n) is 2.05. The zero-order valence-electron chi connectivity index (χ0n) is 8.97. The lowest BCUT2D eigenvalue weighted by Crippen LogP contribution is -1.95. The van der Waals surface area contributed by atoms with Gasteiger partial charge in [-0.2, -0.15) is 0 Å². The highest BCUT2D eigenvalue weighted by Gasteiger charge is 2.29. The summed E-state index contributed by atoms with van der Waals surface area (Å²) in [5.41, 5.74) is 2.02. The minimum absolute atomic E-state index is 0.487. The Morgan fingerprint density at radius 1 is 1.50 bits per heavy atom. The summed E-state index contributed by atoms with van der Waals surface area (Å²) in [6.07, 6.45) is 3.92. The molecule has 0 amide bonds. The molecule has 0 radical (unpaired) electrons. The monoisotopic (exact) mass is 213 g/mol. The van der Waals surface area contributed by atoms with Gasteiger partial charge in [0.05, 0.1) is 5.52 Å². The van der Waals surface area contributed by atoms with Gasteiger partial charge in [-0.25, -0.2) is 9.78 Å². The fraction of sp³-hybridized carbons (Fsp3) is 0.333. The van der Waals surface area contributed by atoms with Crippen LogP contribution in [0.2, 0.25) is 0 Å². The maximum absolute atomic E-state index is 10.4. The first kappa shape index (κ1) is 9.31. The molecule has 0 bridgehead atoms. The van der Waals surface area contributed by atoms with Crippen LogP contribution in [-0.4, -0.2) is 15.5 Å². The van der Waals surface area contributed by atoms with E-state index >= 15 is 0 Å². The van der Waals surface area contributed by atoms with E-state index in [2.05, 4.69) is 14.4 Å². The van der Waals surface area contributed by atoms with Crippen molar-refractivity contribution in [3.63, 3.8) is 0 Å². The van der Waals surface area contributed by atoms with E-state index in [1.54, 1.807) is 6.08 Å². The number of pyridine rings is 1. The normalized spacial score (nSPS) is 15.1. The van der Waals surface area contributed by atoms with Crippen LogP contribution in [0.25, 0.3) is 5.52 Å². The fourth-order valence-corrected chi connectivity index (χ4v) is 2.05. The second-order valence-corrected chi connectivity index (χ2v) is 4.16. The van der Waals surface area contributed by atoms with Gasteiger partial charge in [-0.3, -0.25) is 4.40 Å². The first-order chi connectivity index (χ1) is 7.81. The van der Waals surface area contributed by atoms with Crippen LogP contribution in [0.4, 0.5) is 5.82 Å². The van der Waals surface area contributed by atoms with E-state index < -0.39 is 0 Å². The van der Waals surface area contributed by atoms with Crippen LogP contribution in [0, 0.1) is 6.92 Å². The van der Waals surface area contributed by atoms with Gasteiger partial charge in [-0.05, 0) is 31.9 Å². The number of nitrogens with zero attached hydrogens (tertiary/aromatic N) is 3. The number of fused-ring (bicyclic) bond motifs is 1. The van der Waals surface area contributed by atoms with E-state index in [0.717, 1.165) is 17.0 Å². The second kappa shape index (κ2) is 3.29. The summed E-state index contributed by atoms with van der Waals surface area (Å²) in [5, 5.41) is 0. The van der Waals surface area contributed by atoms with Crippen LogP contribution >= 0.6 is 0 Å². The molecule has 4 heteroatoms. The third kappa shape index (κ3) is 1.27. The van der Waals surface area contributed by atoms with E-state index in [1.807, 2.05) is 25.1 Å². The molecule has 80 valence electrons. The molecule has 0 unspecified atom stereocenters. The Labute approximate surface area is 92.6 Å². The van der Waals surface area contributed by atoms with Crippen molar-refractivity contribution in [1.29, 1.82) is 0 Å². The molecule has 16 heavy (non-hydrogen) atoms. The maximum atomic E-state index is 10.4. The molecule has 0 aliphatic heterocycles. The molecule has 0 aromatic carbocycles. The van der Waals surface area contributed by atoms with Crippen LogP contribution < -0.4 is 0 Å². The van der Waals surface area contributed by atoms with Gasteiger partial charge in [0.1, 0.15) is 5.82 Å². The van der Waals surface area contributed by atoms with Crippen LogP contribution in [0.5, 0.6) is 0 Å². The Morgan fingerprint density at radius 2 is 2.31 bits per heavy atom. The number of isocyanates is 1. The lowest BCUT2D eigenvalue weighted by molar-refractivity contribution is 0.565. The first-order valence-electron chi connectivity index (χ1n) is 5.37. The number of aryl methyl sites for hydroxylation is 1. The van der Waals surface area contributed by atoms with Gasteiger partial charge >= 0.3 is 0 Å². The largest absolute Gasteiger partial charge is 0.299 e. The standard InChI is InChI=1S/C12H11N3O/c1-8-3-2-4-10-11(13-7-16)14-12(15(8)10)9-5-6-9/h2-4,9H,5-6H2,1H3. The Balaban J connectivity index is 2.37. The van der Waals surface area contributed by atoms with E-state index in [1.165, 1.54) is 12.8 Å². The van der Waals surface area contributed by atoms with E-state index in [4.69, 9.17) is 0 Å². The van der Waals surface area contributed by atoms with Gasteiger partial charge < -0.3 is 0 Å². The predicted molar refractivity (Wildman–Crippen MR) is 59.7 cm³/mol. The van der Waals surface area contributed by atoms with Crippen LogP contribution in [0.1, 0.15) is 30.3 Å². The van der Waals surface area contributed by atoms with Crippen LogP contribution in [-0.2, 0) is 4.79 Å². The van der Waals surface area contributed by atoms with Gasteiger partial charge in [-0.15, -0.1) is 4.99 Å². The van der Waals surface area contributed by atoms with E-state index in [0.29, 0.717) is 11.7 Å². The van der Waals surface area contributed by atoms with Crippen molar-refractivity contribution in [2.45, 2.75) is 25.7 Å². The number of carbonyl (C=O) groups excluding carboxylic acids is 1. The highest BCUT2D eigenvalue weighted by Crippen LogP contribution is 2.41. The number of hydrogen-bond acceptors (Lipinski definition) is 3. The molecular formula is C12H11N3O. The summed E-state index contributed by atoms with van der Waals surface area (Å²) in [6, 6.07) is 5.92. The quantitative estimate of drug-likeness (QED) is 0.568. The summed E-state index contributed by atoms with van der Waals surface area (Å²) in [4.78, 5) is 18.5. The molecule has 2 aromatic heterocycles. The molecule has 1 aliphatic carbocycles. The van der Waals surface area contributed by atoms with Crippen LogP contribution in [0.15, 0.2) is 23.2 Å². The SMILES string of the molecule is Cc1cccc2c(N=C=O)nc(C3CC3)n12. The van der Waals surface area contributed by atoms with Gasteiger partial charge in [0.25, 0.3) is 0 Å². The number of aliphatic imine (C=N–C) groups is 1. The molecule has 0 spiro atoms. The summed E-state index contributed by atoms with van der Waals surface area (Å²) in [5.74, 6) is 2.05. The van der Waals surface area contributed by atoms with Crippen molar-refractivity contribution in [3.8, 4) is 0 Å². The zero-order chi connectivity index (χ0) is 11.1. The molecule has 1 fully saturated rings. The minimum atomic E-state index is 0.487. The number of aromatic nitrogens is 2. The Bertz CT molecular complexity index is 604. The van der Waals surface area contributed by atoms with Crippen molar-refractivity contribution in [2.24, 2.45) is 4.99 Å². The second-order valence-electron chi connectivity index (χ2n) is 4.16. The smallest absolute Gasteiger partial charge is 0.242 e. The molecule has 0 N–H and O–H groups in total. The molecule has 1 saturated carbocycles. The molecule has 0 saturated heterocycles. The Hall–Kier alpha value is -1.93. The van der Waals surface area contributed by atoms with Gasteiger partial charge in [0.2, 0.25) is 6.08 Å². The van der Waals surface area contributed by atoms with Crippen LogP contribution in [0.3, 0.4) is 0 Å². The maximum Gasteiger partial charge on any atom is 0.242 e. The first-order valence-corrected chi connectivity index (χ1v) is 5.37. The highest BCUT2D eigenvalue weighted by atomic mass is 16.1. The highest BCUT2D eigenvalue weighted by molar-refractivity contribution is 5.69. The van der Waals surface area contributed by atoms with E-state index in [-0.39, 0.29) is 0 Å². The lowest BCUT2D eigenvalue weighted by atomic mass is 10.3. The molecule has 2 aromatic rings. The predicted octanol–water partition coefficient (Wildman–Crippen LogP) is 2.49. The van der Waals surface area contributed by atoms with Gasteiger partial charge in [-0.1, -0.05) is 6.07 Å². The minimum Gasteiger partial charge on any atom is -0.299 e. The Morgan fingerprint density at radius 3 is 3.00 bits per heavy atom. The molecule has 2 heterocycles. The average molecular weight is 213 g/mol. The lowest BCUT2D eigenvalue weighted by Gasteiger charge is -2.02. The molecule has 1 aliphatic rings. The van der Waals surface area contributed by atoms with Crippen molar-refractivity contribution < 1.29 is 4.79 Å². The zero-order valence-corrected chi connectivity index (χ0v) is 8.97. The topological polar surface area (TPSA) is 46.7 Å². The van der Waals surface area contributed by atoms with Gasteiger partial charge in [0, 0.05) is 11.6 Å². The summed E-state index contributed by atoms with van der Waals surface area (Å²) < 4.78 is 2.09. The third-order valence-electron chi connectivity index (χ3n) is 2.96.